The van der Waals surface area contributed by atoms with Crippen molar-refractivity contribution in [2.45, 2.75) is 38.3 Å². The van der Waals surface area contributed by atoms with Crippen LogP contribution in [0.4, 0.5) is 15.7 Å². The molecule has 3 aromatic heterocycles. The number of rotatable bonds is 6. The summed E-state index contributed by atoms with van der Waals surface area (Å²) in [4.78, 5) is 33.0. The summed E-state index contributed by atoms with van der Waals surface area (Å²) in [6, 6.07) is 2.39. The molecule has 3 aromatic rings. The maximum Gasteiger partial charge on any atom is 0.330 e. The Bertz CT molecular complexity index is 1130. The average Bonchev–Trinajstić information content (AvgIpc) is 3.53. The van der Waals surface area contributed by atoms with Gasteiger partial charge in [-0.1, -0.05) is 0 Å². The van der Waals surface area contributed by atoms with Crippen LogP contribution in [0.5, 0.6) is 6.01 Å². The molecular formula is C21H28N8O3S. The number of fused-ring (bicyclic) bond motifs is 2. The van der Waals surface area contributed by atoms with E-state index < -0.39 is 5.60 Å². The molecule has 5 rings (SSSR count). The normalized spacial score (nSPS) is 22.5. The number of aromatic nitrogens is 5. The molecule has 11 nitrogen and oxygen atoms in total. The van der Waals surface area contributed by atoms with E-state index >= 15 is 0 Å². The van der Waals surface area contributed by atoms with Crippen molar-refractivity contribution < 1.29 is 14.6 Å². The van der Waals surface area contributed by atoms with Gasteiger partial charge in [-0.05, 0) is 44.6 Å². The molecule has 2 aliphatic rings. The third-order valence-corrected chi connectivity index (χ3v) is 7.02. The Kier molecular flexibility index (Phi) is 5.57. The van der Waals surface area contributed by atoms with Crippen molar-refractivity contribution in [1.29, 1.82) is 0 Å². The third-order valence-electron chi connectivity index (χ3n) is 6.40. The van der Waals surface area contributed by atoms with Gasteiger partial charge in [0.05, 0.1) is 11.0 Å². The molecule has 3 N–H and O–H groups in total. The zero-order chi connectivity index (χ0) is 23.2. The van der Waals surface area contributed by atoms with E-state index in [2.05, 4.69) is 41.6 Å². The monoisotopic (exact) mass is 472 g/mol. The van der Waals surface area contributed by atoms with Crippen molar-refractivity contribution in [1.82, 2.24) is 29.2 Å². The molecule has 1 saturated heterocycles. The fraction of sp³-hybridized carbons (Fsp3) is 0.571. The molecule has 0 bridgehead atoms. The van der Waals surface area contributed by atoms with Gasteiger partial charge in [0, 0.05) is 43.9 Å². The van der Waals surface area contributed by atoms with E-state index in [1.807, 2.05) is 17.2 Å². The summed E-state index contributed by atoms with van der Waals surface area (Å²) in [5.74, 6) is 1.87. The lowest BCUT2D eigenvalue weighted by molar-refractivity contribution is 0.0255. The Labute approximate surface area is 195 Å². The number of nitrogens with one attached hydrogen (secondary N) is 2. The van der Waals surface area contributed by atoms with E-state index in [9.17, 15) is 9.90 Å². The smallest absolute Gasteiger partial charge is 0.330 e. The highest BCUT2D eigenvalue weighted by Crippen LogP contribution is 2.41. The number of hydrogen-bond donors (Lipinski definition) is 3. The van der Waals surface area contributed by atoms with E-state index in [-0.39, 0.29) is 18.6 Å². The highest BCUT2D eigenvalue weighted by Gasteiger charge is 2.44. The standard InChI is InChI=1S/C21H28N8O3S/c1-21(2,31)10-32-18-25-19(33-27-18)26-20(30)29-8-12-6-14(7-13(12)9-29)28(3)17-15-4-5-22-16(15)23-11-24-17/h4-5,11-14,31H,6-10H2,1-3H3,(H,22,23,24)(H,25,26,27,30)/t12-,13+,14+. The Balaban J connectivity index is 1.15. The zero-order valence-corrected chi connectivity index (χ0v) is 19.7. The van der Waals surface area contributed by atoms with Crippen LogP contribution >= 0.6 is 11.5 Å². The second kappa shape index (κ2) is 8.41. The number of carbonyl (C=O) groups is 1. The Morgan fingerprint density at radius 2 is 2.12 bits per heavy atom. The van der Waals surface area contributed by atoms with Crippen molar-refractivity contribution in [3.63, 3.8) is 0 Å². The Morgan fingerprint density at radius 3 is 2.85 bits per heavy atom. The van der Waals surface area contributed by atoms with Crippen molar-refractivity contribution in [2.75, 3.05) is 37.0 Å². The molecule has 0 spiro atoms. The highest BCUT2D eigenvalue weighted by molar-refractivity contribution is 7.10. The number of aromatic amines is 1. The molecule has 1 aliphatic heterocycles. The molecule has 1 saturated carbocycles. The lowest BCUT2D eigenvalue weighted by atomic mass is 10.0. The minimum atomic E-state index is -0.977. The molecule has 0 unspecified atom stereocenters. The predicted octanol–water partition coefficient (Wildman–Crippen LogP) is 2.34. The van der Waals surface area contributed by atoms with E-state index in [0.717, 1.165) is 54.3 Å². The van der Waals surface area contributed by atoms with Gasteiger partial charge in [-0.15, -0.1) is 4.37 Å². The van der Waals surface area contributed by atoms with E-state index in [1.165, 1.54) is 0 Å². The third kappa shape index (κ3) is 4.58. The molecule has 2 amide bonds. The summed E-state index contributed by atoms with van der Waals surface area (Å²) >= 11 is 1.06. The summed E-state index contributed by atoms with van der Waals surface area (Å²) in [7, 11) is 2.10. The fourth-order valence-electron chi connectivity index (χ4n) is 4.79. The van der Waals surface area contributed by atoms with Crippen LogP contribution in [0.1, 0.15) is 26.7 Å². The quantitative estimate of drug-likeness (QED) is 0.498. The number of likely N-dealkylation sites (tertiary alicyclic amines) is 1. The lowest BCUT2D eigenvalue weighted by Gasteiger charge is -2.27. The largest absolute Gasteiger partial charge is 0.460 e. The summed E-state index contributed by atoms with van der Waals surface area (Å²) < 4.78 is 9.45. The first-order valence-corrected chi connectivity index (χ1v) is 11.8. The molecule has 33 heavy (non-hydrogen) atoms. The maximum absolute atomic E-state index is 12.8. The molecule has 12 heteroatoms. The van der Waals surface area contributed by atoms with Crippen LogP contribution in [0, 0.1) is 11.8 Å². The van der Waals surface area contributed by atoms with Gasteiger partial charge in [-0.25, -0.2) is 14.8 Å². The summed E-state index contributed by atoms with van der Waals surface area (Å²) in [5.41, 5.74) is -0.132. The lowest BCUT2D eigenvalue weighted by Crippen LogP contribution is -2.36. The van der Waals surface area contributed by atoms with Crippen LogP contribution in [0.3, 0.4) is 0 Å². The molecule has 4 heterocycles. The number of anilines is 2. The van der Waals surface area contributed by atoms with Gasteiger partial charge in [-0.3, -0.25) is 5.32 Å². The predicted molar refractivity (Wildman–Crippen MR) is 125 cm³/mol. The van der Waals surface area contributed by atoms with E-state index in [4.69, 9.17) is 4.74 Å². The van der Waals surface area contributed by atoms with Crippen LogP contribution in [-0.2, 0) is 0 Å². The van der Waals surface area contributed by atoms with Crippen molar-refractivity contribution in [3.8, 4) is 6.01 Å². The summed E-state index contributed by atoms with van der Waals surface area (Å²) in [6.45, 7) is 4.81. The minimum absolute atomic E-state index is 0.0762. The van der Waals surface area contributed by atoms with Gasteiger partial charge in [0.25, 0.3) is 0 Å². The SMILES string of the molecule is CN(c1ncnc2[nH]ccc12)[C@H]1C[C@@H]2CN(C(=O)Nc3nc(OCC(C)(C)O)ns3)C[C@@H]2C1. The first-order chi connectivity index (χ1) is 15.8. The number of aliphatic hydroxyl groups is 1. The Morgan fingerprint density at radius 1 is 1.36 bits per heavy atom. The van der Waals surface area contributed by atoms with Gasteiger partial charge in [0.15, 0.2) is 0 Å². The summed E-state index contributed by atoms with van der Waals surface area (Å²) in [5, 5.41) is 14.0. The van der Waals surface area contributed by atoms with E-state index in [1.54, 1.807) is 20.2 Å². The topological polar surface area (TPSA) is 132 Å². The minimum Gasteiger partial charge on any atom is -0.460 e. The van der Waals surface area contributed by atoms with Crippen molar-refractivity contribution in [3.05, 3.63) is 18.6 Å². The molecule has 1 aliphatic carbocycles. The van der Waals surface area contributed by atoms with Gasteiger partial charge in [0.2, 0.25) is 5.13 Å². The van der Waals surface area contributed by atoms with Gasteiger partial charge < -0.3 is 24.6 Å². The van der Waals surface area contributed by atoms with Crippen molar-refractivity contribution >= 4 is 39.5 Å². The zero-order valence-electron chi connectivity index (χ0n) is 18.9. The number of H-pyrrole nitrogens is 1. The molecule has 3 atom stereocenters. The summed E-state index contributed by atoms with van der Waals surface area (Å²) in [6.07, 6.45) is 5.53. The molecule has 0 radical (unpaired) electrons. The number of carbonyl (C=O) groups excluding carboxylic acids is 1. The van der Waals surface area contributed by atoms with Crippen LogP contribution in [0.15, 0.2) is 18.6 Å². The molecule has 2 fully saturated rings. The first-order valence-electron chi connectivity index (χ1n) is 11.0. The number of ether oxygens (including phenoxy) is 1. The number of urea groups is 1. The number of amides is 2. The van der Waals surface area contributed by atoms with Crippen LogP contribution in [-0.4, -0.2) is 78.7 Å². The molecular weight excluding hydrogens is 444 g/mol. The van der Waals surface area contributed by atoms with Crippen LogP contribution in [0.2, 0.25) is 0 Å². The number of nitrogens with zero attached hydrogens (tertiary/aromatic N) is 6. The second-order valence-electron chi connectivity index (χ2n) is 9.51. The van der Waals surface area contributed by atoms with Crippen LogP contribution in [0.25, 0.3) is 11.0 Å². The second-order valence-corrected chi connectivity index (χ2v) is 10.3. The van der Waals surface area contributed by atoms with Crippen molar-refractivity contribution in [2.24, 2.45) is 11.8 Å². The van der Waals surface area contributed by atoms with Gasteiger partial charge >= 0.3 is 12.0 Å². The number of hydrogen-bond acceptors (Lipinski definition) is 9. The van der Waals surface area contributed by atoms with Crippen LogP contribution < -0.4 is 15.0 Å². The van der Waals surface area contributed by atoms with E-state index in [0.29, 0.717) is 23.0 Å². The Hall–Kier alpha value is -2.99. The first kappa shape index (κ1) is 21.8. The van der Waals surface area contributed by atoms with Gasteiger partial charge in [-0.2, -0.15) is 4.98 Å². The average molecular weight is 473 g/mol. The highest BCUT2D eigenvalue weighted by atomic mass is 32.1. The maximum atomic E-state index is 12.8. The molecule has 176 valence electrons. The van der Waals surface area contributed by atoms with Gasteiger partial charge in [0.1, 0.15) is 24.4 Å². The fourth-order valence-corrected chi connectivity index (χ4v) is 5.30. The molecule has 0 aromatic carbocycles.